The Morgan fingerprint density at radius 3 is 1.39 bits per heavy atom. The maximum Gasteiger partial charge on any atom is 0.0849 e. The fourth-order valence-electron chi connectivity index (χ4n) is 2.91. The first-order valence-corrected chi connectivity index (χ1v) is 10.7. The van der Waals surface area contributed by atoms with E-state index < -0.39 is 0 Å². The molecular weight excluding hydrogens is 624 g/mol. The van der Waals surface area contributed by atoms with Gasteiger partial charge in [-0.25, -0.2) is 0 Å². The van der Waals surface area contributed by atoms with Crippen LogP contribution in [-0.4, -0.2) is 19.3 Å². The maximum atomic E-state index is 4.00. The molecular formula is C12H8Br6. The molecule has 0 amide bonds. The molecule has 0 aromatic heterocycles. The molecule has 1 aromatic carbocycles. The van der Waals surface area contributed by atoms with Crippen LogP contribution in [0.15, 0.2) is 24.3 Å². The monoisotopic (exact) mass is 626 g/mol. The Morgan fingerprint density at radius 2 is 1.06 bits per heavy atom. The van der Waals surface area contributed by atoms with Crippen LogP contribution in [0.4, 0.5) is 0 Å². The summed E-state index contributed by atoms with van der Waals surface area (Å²) in [7, 11) is 0. The average molecular weight is 632 g/mol. The minimum absolute atomic E-state index is 0.108. The number of hydrogen-bond donors (Lipinski definition) is 0. The van der Waals surface area contributed by atoms with Crippen molar-refractivity contribution in [3.63, 3.8) is 0 Å². The Bertz CT molecular complexity index is 460. The van der Waals surface area contributed by atoms with Crippen LogP contribution in [0.5, 0.6) is 0 Å². The van der Waals surface area contributed by atoms with E-state index in [2.05, 4.69) is 120 Å². The van der Waals surface area contributed by atoms with Crippen molar-refractivity contribution in [1.29, 1.82) is 0 Å². The van der Waals surface area contributed by atoms with Crippen molar-refractivity contribution >= 4 is 95.6 Å². The van der Waals surface area contributed by atoms with E-state index in [0.29, 0.717) is 9.65 Å². The standard InChI is InChI=1S/C12H8Br6/c13-7-8(14)10(16)12(18)6-4-2-1-3-5(6)11(12,17)9(7)15/h1-4,7-10H/t7-,8-,9+,10+,11-,12+/m0/s1. The third-order valence-corrected chi connectivity index (χ3v) is 15.6. The van der Waals surface area contributed by atoms with Crippen LogP contribution in [0.2, 0.25) is 0 Å². The van der Waals surface area contributed by atoms with Crippen molar-refractivity contribution in [2.45, 2.75) is 28.0 Å². The van der Waals surface area contributed by atoms with Gasteiger partial charge in [-0.2, -0.15) is 0 Å². The number of hydrogen-bond acceptors (Lipinski definition) is 0. The van der Waals surface area contributed by atoms with E-state index in [1.165, 1.54) is 11.1 Å². The van der Waals surface area contributed by atoms with Crippen LogP contribution in [0.3, 0.4) is 0 Å². The molecule has 0 N–H and O–H groups in total. The van der Waals surface area contributed by atoms with E-state index in [-0.39, 0.29) is 18.3 Å². The zero-order valence-electron chi connectivity index (χ0n) is 8.89. The third kappa shape index (κ3) is 1.57. The highest BCUT2D eigenvalue weighted by Gasteiger charge is 2.72. The van der Waals surface area contributed by atoms with Gasteiger partial charge in [0.25, 0.3) is 0 Å². The van der Waals surface area contributed by atoms with Crippen molar-refractivity contribution in [3.8, 4) is 0 Å². The van der Waals surface area contributed by atoms with Gasteiger partial charge in [0, 0.05) is 19.3 Å². The van der Waals surface area contributed by atoms with E-state index in [1.807, 2.05) is 0 Å². The minimum Gasteiger partial charge on any atom is -0.0865 e. The molecule has 0 nitrogen and oxygen atoms in total. The predicted molar refractivity (Wildman–Crippen MR) is 98.5 cm³/mol. The molecule has 6 heteroatoms. The summed E-state index contributed by atoms with van der Waals surface area (Å²) >= 11 is 23.3. The molecule has 0 radical (unpaired) electrons. The molecule has 0 aliphatic heterocycles. The van der Waals surface area contributed by atoms with Crippen LogP contribution in [0, 0.1) is 0 Å². The Morgan fingerprint density at radius 1 is 0.722 bits per heavy atom. The number of alkyl halides is 6. The van der Waals surface area contributed by atoms with Crippen molar-refractivity contribution in [1.82, 2.24) is 0 Å². The Kier molecular flexibility index (Phi) is 4.00. The molecule has 0 heterocycles. The highest BCUT2D eigenvalue weighted by molar-refractivity contribution is 9.16. The van der Waals surface area contributed by atoms with Crippen molar-refractivity contribution in [2.24, 2.45) is 0 Å². The maximum absolute atomic E-state index is 4.00. The van der Waals surface area contributed by atoms with Gasteiger partial charge >= 0.3 is 0 Å². The van der Waals surface area contributed by atoms with Gasteiger partial charge in [-0.05, 0) is 11.1 Å². The van der Waals surface area contributed by atoms with E-state index in [4.69, 9.17) is 0 Å². The van der Waals surface area contributed by atoms with E-state index in [9.17, 15) is 0 Å². The van der Waals surface area contributed by atoms with Gasteiger partial charge in [0.1, 0.15) is 0 Å². The highest BCUT2D eigenvalue weighted by atomic mass is 79.9. The second-order valence-electron chi connectivity index (χ2n) is 4.66. The normalized spacial score (nSPS) is 50.1. The molecule has 0 unspecified atom stereocenters. The molecule has 3 rings (SSSR count). The summed E-state index contributed by atoms with van der Waals surface area (Å²) in [5.74, 6) is 0. The van der Waals surface area contributed by atoms with Crippen molar-refractivity contribution < 1.29 is 0 Å². The molecule has 2 aliphatic carbocycles. The molecule has 1 fully saturated rings. The Hall–Kier alpha value is 2.10. The number of rotatable bonds is 0. The molecule has 1 aromatic rings. The quantitative estimate of drug-likeness (QED) is 0.311. The van der Waals surface area contributed by atoms with Crippen LogP contribution < -0.4 is 0 Å². The fraction of sp³-hybridized carbons (Fsp3) is 0.500. The van der Waals surface area contributed by atoms with Crippen LogP contribution in [-0.2, 0) is 8.65 Å². The molecule has 1 saturated carbocycles. The first-order valence-electron chi connectivity index (χ1n) is 5.41. The van der Waals surface area contributed by atoms with Gasteiger partial charge in [-0.15, -0.1) is 0 Å². The molecule has 2 aliphatic rings. The van der Waals surface area contributed by atoms with Crippen LogP contribution >= 0.6 is 95.6 Å². The third-order valence-electron chi connectivity index (χ3n) is 3.86. The number of fused-ring (bicyclic) bond motifs is 4. The largest absolute Gasteiger partial charge is 0.0865 e. The van der Waals surface area contributed by atoms with E-state index >= 15 is 0 Å². The zero-order valence-corrected chi connectivity index (χ0v) is 18.4. The zero-order chi connectivity index (χ0) is 13.3. The molecule has 18 heavy (non-hydrogen) atoms. The topological polar surface area (TPSA) is 0 Å². The van der Waals surface area contributed by atoms with Gasteiger partial charge in [0.05, 0.1) is 8.65 Å². The highest BCUT2D eigenvalue weighted by Crippen LogP contribution is 2.73. The van der Waals surface area contributed by atoms with Crippen molar-refractivity contribution in [2.75, 3.05) is 0 Å². The summed E-state index contributed by atoms with van der Waals surface area (Å²) in [5.41, 5.74) is 2.72. The van der Waals surface area contributed by atoms with Crippen LogP contribution in [0.25, 0.3) is 0 Å². The van der Waals surface area contributed by atoms with Gasteiger partial charge in [-0.3, -0.25) is 0 Å². The first-order chi connectivity index (χ1) is 8.36. The molecule has 98 valence electrons. The summed E-state index contributed by atoms with van der Waals surface area (Å²) in [4.78, 5) is 1.25. The fourth-order valence-corrected chi connectivity index (χ4v) is 10.5. The summed E-state index contributed by atoms with van der Waals surface area (Å²) in [6.07, 6.45) is 0. The van der Waals surface area contributed by atoms with E-state index in [1.54, 1.807) is 0 Å². The summed E-state index contributed by atoms with van der Waals surface area (Å²) in [5, 5.41) is 0. The van der Waals surface area contributed by atoms with Gasteiger partial charge in [0.15, 0.2) is 0 Å². The average Bonchev–Trinajstić information content (AvgIpc) is 2.41. The van der Waals surface area contributed by atoms with Gasteiger partial charge in [-0.1, -0.05) is 120 Å². The molecule has 0 saturated heterocycles. The molecule has 0 bridgehead atoms. The molecule has 6 atom stereocenters. The van der Waals surface area contributed by atoms with E-state index in [0.717, 1.165) is 0 Å². The van der Waals surface area contributed by atoms with Crippen LogP contribution in [0.1, 0.15) is 11.1 Å². The lowest BCUT2D eigenvalue weighted by Crippen LogP contribution is -2.69. The lowest BCUT2D eigenvalue weighted by molar-refractivity contribution is 0.328. The lowest BCUT2D eigenvalue weighted by atomic mass is 9.61. The second kappa shape index (κ2) is 4.80. The number of halogens is 6. The summed E-state index contributed by atoms with van der Waals surface area (Å²) < 4.78 is -0.216. The Labute approximate surface area is 157 Å². The minimum atomic E-state index is -0.108. The molecule has 0 spiro atoms. The summed E-state index contributed by atoms with van der Waals surface area (Å²) in [6, 6.07) is 8.60. The van der Waals surface area contributed by atoms with Gasteiger partial charge < -0.3 is 0 Å². The smallest absolute Gasteiger partial charge is 0.0849 e. The second-order valence-corrected chi connectivity index (χ2v) is 11.3. The number of benzene rings is 1. The Balaban J connectivity index is 2.24. The lowest BCUT2D eigenvalue weighted by Gasteiger charge is -2.63. The first kappa shape index (κ1) is 15.0. The SMILES string of the molecule is Br[C@H]1[C@H](Br)[C@@H](Br)[C@@]2(Br)c3ccccc3[C@@]2(Br)[C@@H]1Br. The van der Waals surface area contributed by atoms with Gasteiger partial charge in [0.2, 0.25) is 0 Å². The summed E-state index contributed by atoms with van der Waals surface area (Å²) in [6.45, 7) is 0. The van der Waals surface area contributed by atoms with Crippen molar-refractivity contribution in [3.05, 3.63) is 35.4 Å². The predicted octanol–water partition coefficient (Wildman–Crippen LogP) is 5.95.